The van der Waals surface area contributed by atoms with Gasteiger partial charge in [-0.3, -0.25) is 4.79 Å². The molecule has 0 radical (unpaired) electrons. The van der Waals surface area contributed by atoms with Gasteiger partial charge in [0.1, 0.15) is 4.34 Å². The van der Waals surface area contributed by atoms with E-state index in [4.69, 9.17) is 11.6 Å². The first kappa shape index (κ1) is 15.4. The van der Waals surface area contributed by atoms with Gasteiger partial charge in [-0.15, -0.1) is 11.3 Å². The number of rotatable bonds is 4. The van der Waals surface area contributed by atoms with Gasteiger partial charge in [0.2, 0.25) is 5.91 Å². The van der Waals surface area contributed by atoms with Crippen LogP contribution in [0.15, 0.2) is 22.5 Å². The van der Waals surface area contributed by atoms with Gasteiger partial charge in [-0.1, -0.05) is 23.4 Å². The van der Waals surface area contributed by atoms with Gasteiger partial charge in [-0.25, -0.2) is 4.98 Å². The minimum absolute atomic E-state index is 0.0326. The molecule has 0 aliphatic carbocycles. The second-order valence-corrected chi connectivity index (χ2v) is 6.95. The summed E-state index contributed by atoms with van der Waals surface area (Å²) in [7, 11) is 0. The number of nitrogens with zero attached hydrogens (tertiary/aromatic N) is 1. The Morgan fingerprint density at radius 2 is 2.20 bits per heavy atom. The highest BCUT2D eigenvalue weighted by molar-refractivity contribution is 8.00. The highest BCUT2D eigenvalue weighted by Crippen LogP contribution is 2.26. The molecule has 20 heavy (non-hydrogen) atoms. The zero-order chi connectivity index (χ0) is 14.7. The van der Waals surface area contributed by atoms with Crippen LogP contribution >= 0.6 is 34.7 Å². The summed E-state index contributed by atoms with van der Waals surface area (Å²) in [6.07, 6.45) is 2.34. The van der Waals surface area contributed by atoms with Gasteiger partial charge >= 0.3 is 0 Å². The third-order valence-corrected chi connectivity index (χ3v) is 5.21. The summed E-state index contributed by atoms with van der Waals surface area (Å²) in [5.74, 6) is -0.0326. The lowest BCUT2D eigenvalue weighted by Crippen LogP contribution is -2.15. The van der Waals surface area contributed by atoms with Crippen molar-refractivity contribution in [3.8, 4) is 0 Å². The van der Waals surface area contributed by atoms with Crippen molar-refractivity contribution in [3.63, 3.8) is 0 Å². The van der Waals surface area contributed by atoms with Crippen LogP contribution in [0.2, 0.25) is 5.02 Å². The number of aromatic nitrogens is 1. The lowest BCUT2D eigenvalue weighted by molar-refractivity contribution is -0.115. The number of amides is 1. The molecule has 0 spiro atoms. The molecular weight excluding hydrogens is 312 g/mol. The molecule has 0 unspecified atom stereocenters. The summed E-state index contributed by atoms with van der Waals surface area (Å²) in [5, 5.41) is 3.58. The molecule has 1 N–H and O–H groups in total. The molecule has 3 nitrogen and oxygen atoms in total. The molecule has 0 bridgehead atoms. The quantitative estimate of drug-likeness (QED) is 0.851. The SMILES string of the molecule is CSc1nc(C)c(CC(=O)Nc2ccc(Cl)cc2C)s1. The van der Waals surface area contributed by atoms with Crippen LogP contribution < -0.4 is 5.32 Å². The maximum Gasteiger partial charge on any atom is 0.229 e. The molecule has 0 aliphatic rings. The van der Waals surface area contributed by atoms with Crippen LogP contribution in [-0.2, 0) is 11.2 Å². The van der Waals surface area contributed by atoms with Gasteiger partial charge in [0.25, 0.3) is 0 Å². The summed E-state index contributed by atoms with van der Waals surface area (Å²) >= 11 is 9.08. The normalized spacial score (nSPS) is 10.6. The van der Waals surface area contributed by atoms with Crippen molar-refractivity contribution in [2.24, 2.45) is 0 Å². The van der Waals surface area contributed by atoms with Gasteiger partial charge in [0.05, 0.1) is 12.1 Å². The van der Waals surface area contributed by atoms with Crippen molar-refractivity contribution in [3.05, 3.63) is 39.4 Å². The molecule has 2 rings (SSSR count). The Labute approximate surface area is 131 Å². The van der Waals surface area contributed by atoms with E-state index >= 15 is 0 Å². The van der Waals surface area contributed by atoms with E-state index in [1.807, 2.05) is 32.2 Å². The van der Waals surface area contributed by atoms with E-state index < -0.39 is 0 Å². The Balaban J connectivity index is 2.06. The lowest BCUT2D eigenvalue weighted by atomic mass is 10.2. The van der Waals surface area contributed by atoms with E-state index in [0.29, 0.717) is 11.4 Å². The fourth-order valence-electron chi connectivity index (χ4n) is 1.76. The second kappa shape index (κ2) is 6.61. The maximum absolute atomic E-state index is 12.1. The van der Waals surface area contributed by atoms with Crippen LogP contribution in [0.1, 0.15) is 16.1 Å². The van der Waals surface area contributed by atoms with Crippen LogP contribution in [-0.4, -0.2) is 17.1 Å². The van der Waals surface area contributed by atoms with Crippen LogP contribution in [0.25, 0.3) is 0 Å². The van der Waals surface area contributed by atoms with Gasteiger partial charge in [-0.05, 0) is 43.9 Å². The van der Waals surface area contributed by atoms with Crippen LogP contribution in [0.3, 0.4) is 0 Å². The molecule has 0 atom stereocenters. The Morgan fingerprint density at radius 3 is 2.80 bits per heavy atom. The first-order chi connectivity index (χ1) is 9.49. The predicted octanol–water partition coefficient (Wildman–Crippen LogP) is 4.32. The molecule has 0 fully saturated rings. The molecule has 0 aliphatic heterocycles. The number of anilines is 1. The van der Waals surface area contributed by atoms with Gasteiger partial charge in [0, 0.05) is 15.6 Å². The number of benzene rings is 1. The molecule has 0 saturated heterocycles. The largest absolute Gasteiger partial charge is 0.326 e. The summed E-state index contributed by atoms with van der Waals surface area (Å²) in [6.45, 7) is 3.86. The van der Waals surface area contributed by atoms with Crippen LogP contribution in [0.4, 0.5) is 5.69 Å². The van der Waals surface area contributed by atoms with Crippen LogP contribution in [0, 0.1) is 13.8 Å². The van der Waals surface area contributed by atoms with Crippen molar-refractivity contribution in [1.82, 2.24) is 4.98 Å². The molecule has 1 amide bonds. The van der Waals surface area contributed by atoms with E-state index in [1.54, 1.807) is 29.2 Å². The predicted molar refractivity (Wildman–Crippen MR) is 87.2 cm³/mol. The van der Waals surface area contributed by atoms with Crippen molar-refractivity contribution in [1.29, 1.82) is 0 Å². The number of nitrogens with one attached hydrogen (secondary N) is 1. The topological polar surface area (TPSA) is 42.0 Å². The van der Waals surface area contributed by atoms with Gasteiger partial charge in [-0.2, -0.15) is 0 Å². The Hall–Kier alpha value is -1.04. The number of thioether (sulfide) groups is 1. The number of hydrogen-bond donors (Lipinski definition) is 1. The molecule has 1 aromatic carbocycles. The number of carbonyl (C=O) groups excluding carboxylic acids is 1. The number of hydrogen-bond acceptors (Lipinski definition) is 4. The average Bonchev–Trinajstić information content (AvgIpc) is 2.74. The summed E-state index contributed by atoms with van der Waals surface area (Å²) in [5.41, 5.74) is 2.69. The minimum Gasteiger partial charge on any atom is -0.326 e. The molecular formula is C14H15ClN2OS2. The van der Waals surface area contributed by atoms with Crippen LogP contribution in [0.5, 0.6) is 0 Å². The van der Waals surface area contributed by atoms with Gasteiger partial charge in [0.15, 0.2) is 0 Å². The Kier molecular flexibility index (Phi) is 5.07. The highest BCUT2D eigenvalue weighted by Gasteiger charge is 2.12. The fraction of sp³-hybridized carbons (Fsp3) is 0.286. The lowest BCUT2D eigenvalue weighted by Gasteiger charge is -2.08. The van der Waals surface area contributed by atoms with Crippen molar-refractivity contribution >= 4 is 46.3 Å². The van der Waals surface area contributed by atoms with Gasteiger partial charge < -0.3 is 5.32 Å². The van der Waals surface area contributed by atoms with Crippen molar-refractivity contribution in [2.45, 2.75) is 24.6 Å². The first-order valence-electron chi connectivity index (χ1n) is 6.06. The molecule has 0 saturated carbocycles. The number of thiazole rings is 1. The first-order valence-corrected chi connectivity index (χ1v) is 8.48. The monoisotopic (exact) mass is 326 g/mol. The number of carbonyl (C=O) groups is 1. The number of halogens is 1. The minimum atomic E-state index is -0.0326. The smallest absolute Gasteiger partial charge is 0.229 e. The zero-order valence-electron chi connectivity index (χ0n) is 11.5. The standard InChI is InChI=1S/C14H15ClN2OS2/c1-8-6-10(15)4-5-11(8)17-13(18)7-12-9(2)16-14(19-3)20-12/h4-6H,7H2,1-3H3,(H,17,18). The van der Waals surface area contributed by atoms with E-state index in [-0.39, 0.29) is 5.91 Å². The molecule has 6 heteroatoms. The van der Waals surface area contributed by atoms with E-state index in [1.165, 1.54) is 0 Å². The molecule has 1 aromatic heterocycles. The van der Waals surface area contributed by atoms with E-state index in [2.05, 4.69) is 10.3 Å². The molecule has 2 aromatic rings. The van der Waals surface area contributed by atoms with Crippen molar-refractivity contribution < 1.29 is 4.79 Å². The molecule has 106 valence electrons. The summed E-state index contributed by atoms with van der Waals surface area (Å²) < 4.78 is 0.993. The fourth-order valence-corrected chi connectivity index (χ4v) is 3.64. The second-order valence-electron chi connectivity index (χ2n) is 4.38. The number of aryl methyl sites for hydroxylation is 2. The van der Waals surface area contributed by atoms with Crippen molar-refractivity contribution in [2.75, 3.05) is 11.6 Å². The van der Waals surface area contributed by atoms with E-state index in [9.17, 15) is 4.79 Å². The van der Waals surface area contributed by atoms with E-state index in [0.717, 1.165) is 26.2 Å². The average molecular weight is 327 g/mol. The third kappa shape index (κ3) is 3.75. The third-order valence-electron chi connectivity index (χ3n) is 2.83. The zero-order valence-corrected chi connectivity index (χ0v) is 13.9. The highest BCUT2D eigenvalue weighted by atomic mass is 35.5. The Morgan fingerprint density at radius 1 is 1.45 bits per heavy atom. The molecule has 1 heterocycles. The Bertz CT molecular complexity index is 640. The maximum atomic E-state index is 12.1. The summed E-state index contributed by atoms with van der Waals surface area (Å²) in [4.78, 5) is 17.5. The summed E-state index contributed by atoms with van der Waals surface area (Å²) in [6, 6.07) is 5.43.